The number of carbonyl (C=O) groups is 2. The topological polar surface area (TPSA) is 49.4 Å². The Morgan fingerprint density at radius 3 is 2.29 bits per heavy atom. The minimum Gasteiger partial charge on any atom is -0.348 e. The van der Waals surface area contributed by atoms with Gasteiger partial charge in [0.25, 0.3) is 0 Å². The van der Waals surface area contributed by atoms with Gasteiger partial charge in [0.1, 0.15) is 0 Å². The van der Waals surface area contributed by atoms with E-state index >= 15 is 0 Å². The van der Waals surface area contributed by atoms with Gasteiger partial charge in [0.05, 0.1) is 12.6 Å². The Morgan fingerprint density at radius 2 is 1.68 bits per heavy atom. The largest absolute Gasteiger partial charge is 0.348 e. The molecule has 2 aromatic carbocycles. The number of hydrogen-bond acceptors (Lipinski definition) is 3. The molecule has 1 aliphatic heterocycles. The van der Waals surface area contributed by atoms with Crippen LogP contribution in [0.4, 0.5) is 0 Å². The van der Waals surface area contributed by atoms with E-state index in [1.165, 1.54) is 5.56 Å². The van der Waals surface area contributed by atoms with Crippen molar-refractivity contribution in [3.8, 4) is 0 Å². The highest BCUT2D eigenvalue weighted by Gasteiger charge is 2.26. The van der Waals surface area contributed by atoms with E-state index in [0.29, 0.717) is 6.54 Å². The van der Waals surface area contributed by atoms with Crippen LogP contribution in [-0.4, -0.2) is 36.2 Å². The molecule has 0 saturated carbocycles. The smallest absolute Gasteiger partial charge is 0.234 e. The van der Waals surface area contributed by atoms with Crippen molar-refractivity contribution in [2.24, 2.45) is 5.92 Å². The molecule has 1 unspecified atom stereocenters. The monoisotopic (exact) mass is 378 g/mol. The molecule has 4 heteroatoms. The van der Waals surface area contributed by atoms with Crippen LogP contribution in [0, 0.1) is 12.8 Å². The zero-order valence-electron chi connectivity index (χ0n) is 16.9. The van der Waals surface area contributed by atoms with Crippen LogP contribution in [0.3, 0.4) is 0 Å². The first kappa shape index (κ1) is 20.3. The first-order chi connectivity index (χ1) is 13.6. The molecule has 1 N–H and O–H groups in total. The first-order valence-corrected chi connectivity index (χ1v) is 10.2. The van der Waals surface area contributed by atoms with E-state index in [9.17, 15) is 9.59 Å². The summed E-state index contributed by atoms with van der Waals surface area (Å²) in [5, 5.41) is 3.16. The van der Waals surface area contributed by atoms with E-state index in [1.807, 2.05) is 30.3 Å². The average Bonchev–Trinajstić information content (AvgIpc) is 2.73. The maximum Gasteiger partial charge on any atom is 0.234 e. The molecule has 1 heterocycles. The van der Waals surface area contributed by atoms with Gasteiger partial charge in [0.2, 0.25) is 5.91 Å². The Labute approximate surface area is 167 Å². The highest BCUT2D eigenvalue weighted by atomic mass is 16.2. The number of amides is 1. The number of Topliss-reactive ketones (excluding diaryl/α,β-unsaturated/α-hetero) is 1. The molecule has 1 fully saturated rings. The number of aryl methyl sites for hydroxylation is 1. The number of benzene rings is 2. The number of hydrogen-bond donors (Lipinski definition) is 1. The third-order valence-corrected chi connectivity index (χ3v) is 5.61. The van der Waals surface area contributed by atoms with Gasteiger partial charge < -0.3 is 5.32 Å². The van der Waals surface area contributed by atoms with Crippen molar-refractivity contribution in [3.05, 3.63) is 71.3 Å². The molecule has 0 bridgehead atoms. The number of rotatable bonds is 7. The van der Waals surface area contributed by atoms with Crippen LogP contribution in [0.25, 0.3) is 0 Å². The molecule has 3 rings (SSSR count). The van der Waals surface area contributed by atoms with Crippen molar-refractivity contribution in [1.29, 1.82) is 0 Å². The van der Waals surface area contributed by atoms with Crippen LogP contribution in [0.2, 0.25) is 0 Å². The summed E-state index contributed by atoms with van der Waals surface area (Å²) in [5.41, 5.74) is 3.16. The lowest BCUT2D eigenvalue weighted by atomic mass is 9.89. The van der Waals surface area contributed by atoms with Crippen molar-refractivity contribution in [3.63, 3.8) is 0 Å². The molecule has 2 aromatic rings. The van der Waals surface area contributed by atoms with Gasteiger partial charge in [-0.3, -0.25) is 14.5 Å². The van der Waals surface area contributed by atoms with Gasteiger partial charge in [-0.15, -0.1) is 0 Å². The van der Waals surface area contributed by atoms with Gasteiger partial charge in [0.15, 0.2) is 5.78 Å². The number of nitrogens with one attached hydrogen (secondary N) is 1. The summed E-state index contributed by atoms with van der Waals surface area (Å²) in [6.07, 6.45) is 2.49. The number of likely N-dealkylation sites (tertiary alicyclic amines) is 1. The summed E-state index contributed by atoms with van der Waals surface area (Å²) in [6, 6.07) is 17.9. The highest BCUT2D eigenvalue weighted by molar-refractivity contribution is 5.97. The van der Waals surface area contributed by atoms with Gasteiger partial charge >= 0.3 is 0 Å². The highest BCUT2D eigenvalue weighted by Crippen LogP contribution is 2.22. The quantitative estimate of drug-likeness (QED) is 0.736. The predicted octanol–water partition coefficient (Wildman–Crippen LogP) is 4.16. The summed E-state index contributed by atoms with van der Waals surface area (Å²) in [6.45, 7) is 6.13. The summed E-state index contributed by atoms with van der Waals surface area (Å²) in [7, 11) is 0. The molecule has 28 heavy (non-hydrogen) atoms. The second kappa shape index (κ2) is 9.65. The predicted molar refractivity (Wildman–Crippen MR) is 112 cm³/mol. The van der Waals surface area contributed by atoms with E-state index in [0.717, 1.165) is 43.5 Å². The second-order valence-electron chi connectivity index (χ2n) is 7.72. The van der Waals surface area contributed by atoms with Crippen LogP contribution in [0.1, 0.15) is 53.7 Å². The molecule has 1 aliphatic rings. The lowest BCUT2D eigenvalue weighted by Crippen LogP contribution is -2.43. The molecule has 0 spiro atoms. The van der Waals surface area contributed by atoms with Crippen molar-refractivity contribution in [2.45, 2.75) is 39.2 Å². The van der Waals surface area contributed by atoms with Crippen molar-refractivity contribution in [1.82, 2.24) is 10.2 Å². The normalized spacial score (nSPS) is 16.5. The summed E-state index contributed by atoms with van der Waals surface area (Å²) >= 11 is 0. The standard InChI is InChI=1S/C24H30N2O2/c1-3-22(19-11-9-18(2)10-12-19)25-23(27)17-26-15-13-21(14-16-26)24(28)20-7-5-4-6-8-20/h4-12,21-22H,3,13-17H2,1-2H3,(H,25,27). The molecule has 1 saturated heterocycles. The number of carbonyl (C=O) groups excluding carboxylic acids is 2. The fourth-order valence-corrected chi connectivity index (χ4v) is 3.85. The molecule has 148 valence electrons. The van der Waals surface area contributed by atoms with Crippen LogP contribution >= 0.6 is 0 Å². The SMILES string of the molecule is CCC(NC(=O)CN1CCC(C(=O)c2ccccc2)CC1)c1ccc(C)cc1. The van der Waals surface area contributed by atoms with Crippen LogP contribution in [0.15, 0.2) is 54.6 Å². The van der Waals surface area contributed by atoms with Gasteiger partial charge in [-0.25, -0.2) is 0 Å². The Hall–Kier alpha value is -2.46. The molecule has 1 amide bonds. The Bertz CT molecular complexity index is 778. The summed E-state index contributed by atoms with van der Waals surface area (Å²) in [5.74, 6) is 0.355. The molecular formula is C24H30N2O2. The molecular weight excluding hydrogens is 348 g/mol. The van der Waals surface area contributed by atoms with E-state index < -0.39 is 0 Å². The van der Waals surface area contributed by atoms with Crippen LogP contribution in [0.5, 0.6) is 0 Å². The Balaban J connectivity index is 1.48. The first-order valence-electron chi connectivity index (χ1n) is 10.2. The molecule has 1 atom stereocenters. The maximum absolute atomic E-state index is 12.6. The number of ketones is 1. The zero-order valence-corrected chi connectivity index (χ0v) is 16.9. The maximum atomic E-state index is 12.6. The van der Waals surface area contributed by atoms with Crippen molar-refractivity contribution < 1.29 is 9.59 Å². The van der Waals surface area contributed by atoms with E-state index in [2.05, 4.69) is 48.3 Å². The van der Waals surface area contributed by atoms with Gasteiger partial charge in [-0.2, -0.15) is 0 Å². The third kappa shape index (κ3) is 5.29. The molecule has 0 aromatic heterocycles. The van der Waals surface area contributed by atoms with Gasteiger partial charge in [0, 0.05) is 11.5 Å². The Morgan fingerprint density at radius 1 is 1.04 bits per heavy atom. The fourth-order valence-electron chi connectivity index (χ4n) is 3.85. The third-order valence-electron chi connectivity index (χ3n) is 5.61. The minimum absolute atomic E-state index is 0.0466. The Kier molecular flexibility index (Phi) is 6.99. The lowest BCUT2D eigenvalue weighted by molar-refractivity contribution is -0.123. The van der Waals surface area contributed by atoms with Crippen molar-refractivity contribution >= 4 is 11.7 Å². The van der Waals surface area contributed by atoms with E-state index in [-0.39, 0.29) is 23.7 Å². The number of piperidine rings is 1. The van der Waals surface area contributed by atoms with Gasteiger partial charge in [-0.05, 0) is 44.8 Å². The van der Waals surface area contributed by atoms with Gasteiger partial charge in [-0.1, -0.05) is 67.1 Å². The molecule has 0 radical (unpaired) electrons. The van der Waals surface area contributed by atoms with E-state index in [1.54, 1.807) is 0 Å². The molecule has 4 nitrogen and oxygen atoms in total. The van der Waals surface area contributed by atoms with Crippen molar-refractivity contribution in [2.75, 3.05) is 19.6 Å². The summed E-state index contributed by atoms with van der Waals surface area (Å²) < 4.78 is 0. The second-order valence-corrected chi connectivity index (χ2v) is 7.72. The fraction of sp³-hybridized carbons (Fsp3) is 0.417. The number of nitrogens with zero attached hydrogens (tertiary/aromatic N) is 1. The lowest BCUT2D eigenvalue weighted by Gasteiger charge is -2.31. The van der Waals surface area contributed by atoms with Crippen LogP contribution in [-0.2, 0) is 4.79 Å². The average molecular weight is 379 g/mol. The minimum atomic E-state index is 0.0466. The summed E-state index contributed by atoms with van der Waals surface area (Å²) in [4.78, 5) is 27.3. The molecule has 0 aliphatic carbocycles. The zero-order chi connectivity index (χ0) is 19.9. The van der Waals surface area contributed by atoms with E-state index in [4.69, 9.17) is 0 Å². The van der Waals surface area contributed by atoms with Crippen LogP contribution < -0.4 is 5.32 Å².